The summed E-state index contributed by atoms with van der Waals surface area (Å²) >= 11 is 0. The van der Waals surface area contributed by atoms with Crippen molar-refractivity contribution in [1.82, 2.24) is 10.2 Å². The molecule has 1 fully saturated rings. The van der Waals surface area contributed by atoms with E-state index in [9.17, 15) is 4.79 Å². The maximum atomic E-state index is 12.1. The molecule has 4 nitrogen and oxygen atoms in total. The molecule has 0 spiro atoms. The van der Waals surface area contributed by atoms with Gasteiger partial charge in [0, 0.05) is 19.6 Å². The maximum Gasteiger partial charge on any atom is 0.224 e. The number of carbonyl (C=O) groups excluding carboxylic acids is 1. The van der Waals surface area contributed by atoms with Gasteiger partial charge in [-0.25, -0.2) is 0 Å². The first-order chi connectivity index (χ1) is 8.31. The Kier molecular flexibility index (Phi) is 5.60. The van der Waals surface area contributed by atoms with Gasteiger partial charge in [0.2, 0.25) is 5.91 Å². The van der Waals surface area contributed by atoms with Crippen LogP contribution in [0.25, 0.3) is 0 Å². The molecule has 106 valence electrons. The zero-order chi connectivity index (χ0) is 13.8. The lowest BCUT2D eigenvalue weighted by Gasteiger charge is -2.24. The van der Waals surface area contributed by atoms with Crippen LogP contribution in [0.4, 0.5) is 0 Å². The molecular formula is C14H29N3O. The van der Waals surface area contributed by atoms with Crippen LogP contribution >= 0.6 is 0 Å². The number of nitrogens with two attached hydrogens (primary N) is 1. The molecule has 0 saturated carbocycles. The first-order valence-electron chi connectivity index (χ1n) is 6.98. The van der Waals surface area contributed by atoms with E-state index in [1.807, 2.05) is 0 Å². The smallest absolute Gasteiger partial charge is 0.224 e. The number of hydrogen-bond donors (Lipinski definition) is 2. The fraction of sp³-hybridized carbons (Fsp3) is 0.929. The van der Waals surface area contributed by atoms with E-state index in [4.69, 9.17) is 5.73 Å². The van der Waals surface area contributed by atoms with Crippen molar-refractivity contribution < 1.29 is 4.79 Å². The van der Waals surface area contributed by atoms with Crippen LogP contribution < -0.4 is 11.1 Å². The summed E-state index contributed by atoms with van der Waals surface area (Å²) in [6.45, 7) is 9.91. The molecule has 1 saturated heterocycles. The van der Waals surface area contributed by atoms with Crippen molar-refractivity contribution in [2.45, 2.75) is 33.6 Å². The normalized spacial score (nSPS) is 23.1. The van der Waals surface area contributed by atoms with Gasteiger partial charge in [-0.05, 0) is 37.8 Å². The van der Waals surface area contributed by atoms with Crippen molar-refractivity contribution in [2.75, 3.05) is 33.2 Å². The van der Waals surface area contributed by atoms with Crippen LogP contribution in [-0.4, -0.2) is 44.0 Å². The standard InChI is InChI=1S/C14H29N3O/c1-14(2,3)7-12(8-15)13(18)16-9-11-5-6-17(4)10-11/h11-12H,5-10,15H2,1-4H3,(H,16,18). The molecule has 1 rings (SSSR count). The molecule has 4 heteroatoms. The van der Waals surface area contributed by atoms with Crippen molar-refractivity contribution >= 4 is 5.91 Å². The third-order valence-electron chi connectivity index (χ3n) is 3.57. The Morgan fingerprint density at radius 3 is 2.61 bits per heavy atom. The second kappa shape index (κ2) is 6.53. The minimum Gasteiger partial charge on any atom is -0.355 e. The van der Waals surface area contributed by atoms with Gasteiger partial charge in [0.15, 0.2) is 0 Å². The van der Waals surface area contributed by atoms with Crippen LogP contribution in [0.15, 0.2) is 0 Å². The molecule has 18 heavy (non-hydrogen) atoms. The number of hydrogen-bond acceptors (Lipinski definition) is 3. The third kappa shape index (κ3) is 5.36. The molecule has 1 aliphatic heterocycles. The highest BCUT2D eigenvalue weighted by Gasteiger charge is 2.25. The van der Waals surface area contributed by atoms with Gasteiger partial charge in [-0.1, -0.05) is 20.8 Å². The van der Waals surface area contributed by atoms with E-state index < -0.39 is 0 Å². The summed E-state index contributed by atoms with van der Waals surface area (Å²) in [6, 6.07) is 0. The van der Waals surface area contributed by atoms with Gasteiger partial charge in [0.1, 0.15) is 0 Å². The minimum atomic E-state index is -0.0517. The zero-order valence-electron chi connectivity index (χ0n) is 12.3. The van der Waals surface area contributed by atoms with Crippen LogP contribution in [0.1, 0.15) is 33.6 Å². The molecule has 3 N–H and O–H groups in total. The van der Waals surface area contributed by atoms with E-state index in [0.717, 1.165) is 26.1 Å². The molecule has 1 aliphatic rings. The highest BCUT2D eigenvalue weighted by molar-refractivity contribution is 5.78. The minimum absolute atomic E-state index is 0.0517. The topological polar surface area (TPSA) is 58.4 Å². The Morgan fingerprint density at radius 2 is 2.17 bits per heavy atom. The summed E-state index contributed by atoms with van der Waals surface area (Å²) in [5.41, 5.74) is 5.87. The van der Waals surface area contributed by atoms with E-state index in [1.54, 1.807) is 0 Å². The largest absolute Gasteiger partial charge is 0.355 e. The molecule has 2 unspecified atom stereocenters. The lowest BCUT2D eigenvalue weighted by atomic mass is 9.84. The highest BCUT2D eigenvalue weighted by Crippen LogP contribution is 2.24. The van der Waals surface area contributed by atoms with Crippen LogP contribution in [-0.2, 0) is 4.79 Å². The average molecular weight is 255 g/mol. The number of rotatable bonds is 5. The van der Waals surface area contributed by atoms with Crippen LogP contribution in [0.2, 0.25) is 0 Å². The van der Waals surface area contributed by atoms with Gasteiger partial charge in [0.25, 0.3) is 0 Å². The van der Waals surface area contributed by atoms with Crippen LogP contribution in [0.5, 0.6) is 0 Å². The number of nitrogens with one attached hydrogen (secondary N) is 1. The molecule has 0 aliphatic carbocycles. The van der Waals surface area contributed by atoms with E-state index in [2.05, 4.69) is 38.0 Å². The van der Waals surface area contributed by atoms with Crippen molar-refractivity contribution in [2.24, 2.45) is 23.0 Å². The molecule has 0 aromatic carbocycles. The molecule has 0 aromatic heterocycles. The second-order valence-corrected chi connectivity index (χ2v) is 6.86. The van der Waals surface area contributed by atoms with Crippen molar-refractivity contribution in [1.29, 1.82) is 0 Å². The predicted octanol–water partition coefficient (Wildman–Crippen LogP) is 1.07. The Labute approximate surface area is 111 Å². The fourth-order valence-electron chi connectivity index (χ4n) is 2.60. The summed E-state index contributed by atoms with van der Waals surface area (Å²) in [4.78, 5) is 14.4. The fourth-order valence-corrected chi connectivity index (χ4v) is 2.60. The van der Waals surface area contributed by atoms with Crippen molar-refractivity contribution in [3.63, 3.8) is 0 Å². The first kappa shape index (κ1) is 15.4. The number of likely N-dealkylation sites (tertiary alicyclic amines) is 1. The van der Waals surface area contributed by atoms with Gasteiger partial charge in [-0.3, -0.25) is 4.79 Å². The Morgan fingerprint density at radius 1 is 1.50 bits per heavy atom. The van der Waals surface area contributed by atoms with Crippen molar-refractivity contribution in [3.8, 4) is 0 Å². The lowest BCUT2D eigenvalue weighted by Crippen LogP contribution is -2.39. The van der Waals surface area contributed by atoms with Gasteiger partial charge in [0.05, 0.1) is 5.92 Å². The van der Waals surface area contributed by atoms with E-state index in [1.165, 1.54) is 6.42 Å². The second-order valence-electron chi connectivity index (χ2n) is 6.86. The number of nitrogens with zero attached hydrogens (tertiary/aromatic N) is 1. The van der Waals surface area contributed by atoms with E-state index in [-0.39, 0.29) is 17.2 Å². The molecule has 0 bridgehead atoms. The third-order valence-corrected chi connectivity index (χ3v) is 3.57. The number of carbonyl (C=O) groups is 1. The summed E-state index contributed by atoms with van der Waals surface area (Å²) in [5.74, 6) is 0.679. The Bertz CT molecular complexity index is 273. The zero-order valence-corrected chi connectivity index (χ0v) is 12.3. The molecule has 1 amide bonds. The van der Waals surface area contributed by atoms with Crippen LogP contribution in [0.3, 0.4) is 0 Å². The van der Waals surface area contributed by atoms with E-state index in [0.29, 0.717) is 12.5 Å². The van der Waals surface area contributed by atoms with Crippen molar-refractivity contribution in [3.05, 3.63) is 0 Å². The Balaban J connectivity index is 2.33. The summed E-state index contributed by atoms with van der Waals surface area (Å²) in [5, 5.41) is 3.07. The maximum absolute atomic E-state index is 12.1. The van der Waals surface area contributed by atoms with Gasteiger partial charge >= 0.3 is 0 Å². The molecule has 2 atom stereocenters. The molecule has 1 heterocycles. The molecule has 0 aromatic rings. The quantitative estimate of drug-likeness (QED) is 0.772. The molecule has 0 radical (unpaired) electrons. The number of amides is 1. The highest BCUT2D eigenvalue weighted by atomic mass is 16.1. The monoisotopic (exact) mass is 255 g/mol. The summed E-state index contributed by atoms with van der Waals surface area (Å²) in [6.07, 6.45) is 2.03. The predicted molar refractivity (Wildman–Crippen MR) is 75.2 cm³/mol. The summed E-state index contributed by atoms with van der Waals surface area (Å²) in [7, 11) is 2.13. The average Bonchev–Trinajstić information content (AvgIpc) is 2.67. The molecular weight excluding hydrogens is 226 g/mol. The van der Waals surface area contributed by atoms with Gasteiger partial charge in [-0.2, -0.15) is 0 Å². The van der Waals surface area contributed by atoms with Crippen LogP contribution in [0, 0.1) is 17.3 Å². The lowest BCUT2D eigenvalue weighted by molar-refractivity contribution is -0.125. The van der Waals surface area contributed by atoms with E-state index >= 15 is 0 Å². The Hall–Kier alpha value is -0.610. The first-order valence-corrected chi connectivity index (χ1v) is 6.98. The summed E-state index contributed by atoms with van der Waals surface area (Å²) < 4.78 is 0. The van der Waals surface area contributed by atoms with Gasteiger partial charge < -0.3 is 16.0 Å². The van der Waals surface area contributed by atoms with Gasteiger partial charge in [-0.15, -0.1) is 0 Å². The SMILES string of the molecule is CN1CCC(CNC(=O)C(CN)CC(C)(C)C)C1.